The van der Waals surface area contributed by atoms with Gasteiger partial charge in [-0.3, -0.25) is 0 Å². The third kappa shape index (κ3) is 3.35. The van der Waals surface area contributed by atoms with E-state index in [1.165, 1.54) is 0 Å². The molecule has 0 radical (unpaired) electrons. The van der Waals surface area contributed by atoms with E-state index in [1.54, 1.807) is 12.1 Å². The van der Waals surface area contributed by atoms with E-state index in [0.717, 1.165) is 5.69 Å². The molecule has 0 bridgehead atoms. The van der Waals surface area contributed by atoms with Crippen LogP contribution < -0.4 is 16.8 Å². The molecule has 0 aliphatic rings. The number of benzene rings is 1. The van der Waals surface area contributed by atoms with Crippen LogP contribution in [0.4, 0.5) is 5.69 Å². The lowest BCUT2D eigenvalue weighted by atomic mass is 10.3. The lowest BCUT2D eigenvalue weighted by molar-refractivity contribution is 0.713. The van der Waals surface area contributed by atoms with E-state index in [-0.39, 0.29) is 6.04 Å². The van der Waals surface area contributed by atoms with Gasteiger partial charge in [-0.05, 0) is 18.2 Å². The minimum atomic E-state index is -0.0678. The number of rotatable bonds is 4. The summed E-state index contributed by atoms with van der Waals surface area (Å²) in [5.41, 5.74) is 11.8. The highest BCUT2D eigenvalue weighted by molar-refractivity contribution is 6.36. The minimum Gasteiger partial charge on any atom is -0.382 e. The smallest absolute Gasteiger partial charge is 0.0652 e. The summed E-state index contributed by atoms with van der Waals surface area (Å²) in [6, 6.07) is 5.19. The van der Waals surface area contributed by atoms with E-state index in [9.17, 15) is 0 Å². The molecule has 0 fully saturated rings. The van der Waals surface area contributed by atoms with Crippen LogP contribution in [0.5, 0.6) is 0 Å². The zero-order valence-electron chi connectivity index (χ0n) is 7.63. The van der Waals surface area contributed by atoms with Gasteiger partial charge in [0.2, 0.25) is 0 Å². The van der Waals surface area contributed by atoms with Crippen molar-refractivity contribution < 1.29 is 0 Å². The van der Waals surface area contributed by atoms with Crippen molar-refractivity contribution in [3.05, 3.63) is 28.2 Å². The predicted octanol–water partition coefficient (Wildman–Crippen LogP) is 1.69. The van der Waals surface area contributed by atoms with Gasteiger partial charge in [-0.1, -0.05) is 23.2 Å². The van der Waals surface area contributed by atoms with Crippen LogP contribution in [0.3, 0.4) is 0 Å². The highest BCUT2D eigenvalue weighted by atomic mass is 35.5. The number of hydrogen-bond donors (Lipinski definition) is 3. The number of anilines is 1. The second-order valence-electron chi connectivity index (χ2n) is 3.00. The first kappa shape index (κ1) is 11.6. The molecule has 0 aliphatic heterocycles. The van der Waals surface area contributed by atoms with Gasteiger partial charge in [0.05, 0.1) is 10.7 Å². The van der Waals surface area contributed by atoms with Gasteiger partial charge in [0.1, 0.15) is 0 Å². The Morgan fingerprint density at radius 1 is 1.36 bits per heavy atom. The number of nitrogens with two attached hydrogens (primary N) is 2. The topological polar surface area (TPSA) is 64.1 Å². The summed E-state index contributed by atoms with van der Waals surface area (Å²) in [6.45, 7) is 1.04. The van der Waals surface area contributed by atoms with Gasteiger partial charge in [-0.25, -0.2) is 0 Å². The monoisotopic (exact) mass is 233 g/mol. The zero-order valence-corrected chi connectivity index (χ0v) is 9.15. The van der Waals surface area contributed by atoms with E-state index in [2.05, 4.69) is 5.32 Å². The van der Waals surface area contributed by atoms with Crippen molar-refractivity contribution in [1.82, 2.24) is 0 Å². The number of hydrogen-bond acceptors (Lipinski definition) is 3. The van der Waals surface area contributed by atoms with Gasteiger partial charge in [0.15, 0.2) is 0 Å². The molecule has 0 heterocycles. The molecule has 78 valence electrons. The summed E-state index contributed by atoms with van der Waals surface area (Å²) in [7, 11) is 0. The summed E-state index contributed by atoms with van der Waals surface area (Å²) < 4.78 is 0. The van der Waals surface area contributed by atoms with E-state index >= 15 is 0 Å². The van der Waals surface area contributed by atoms with E-state index < -0.39 is 0 Å². The van der Waals surface area contributed by atoms with Crippen molar-refractivity contribution in [2.45, 2.75) is 6.04 Å². The first-order chi connectivity index (χ1) is 6.63. The largest absolute Gasteiger partial charge is 0.382 e. The lowest BCUT2D eigenvalue weighted by Gasteiger charge is -2.12. The van der Waals surface area contributed by atoms with Crippen LogP contribution in [0.15, 0.2) is 18.2 Å². The summed E-state index contributed by atoms with van der Waals surface area (Å²) in [4.78, 5) is 0. The molecule has 3 nitrogen and oxygen atoms in total. The van der Waals surface area contributed by atoms with Gasteiger partial charge in [-0.2, -0.15) is 0 Å². The molecule has 5 heteroatoms. The average molecular weight is 234 g/mol. The summed E-state index contributed by atoms with van der Waals surface area (Å²) in [6.07, 6.45) is 0. The van der Waals surface area contributed by atoms with Crippen molar-refractivity contribution >= 4 is 28.9 Å². The van der Waals surface area contributed by atoms with Gasteiger partial charge in [0, 0.05) is 24.2 Å². The Kier molecular flexibility index (Phi) is 4.48. The first-order valence-electron chi connectivity index (χ1n) is 4.28. The van der Waals surface area contributed by atoms with Crippen LogP contribution in [0, 0.1) is 0 Å². The van der Waals surface area contributed by atoms with Crippen LogP contribution in [0.1, 0.15) is 0 Å². The van der Waals surface area contributed by atoms with Gasteiger partial charge in [0.25, 0.3) is 0 Å². The number of halogens is 2. The summed E-state index contributed by atoms with van der Waals surface area (Å²) in [5.74, 6) is 0. The Morgan fingerprint density at radius 2 is 2.07 bits per heavy atom. The molecule has 1 rings (SSSR count). The third-order valence-electron chi connectivity index (χ3n) is 1.79. The van der Waals surface area contributed by atoms with Crippen molar-refractivity contribution in [3.8, 4) is 0 Å². The van der Waals surface area contributed by atoms with Crippen LogP contribution >= 0.6 is 23.2 Å². The molecule has 5 N–H and O–H groups in total. The molecule has 1 aromatic carbocycles. The maximum Gasteiger partial charge on any atom is 0.0652 e. The molecule has 1 atom stereocenters. The quantitative estimate of drug-likeness (QED) is 0.742. The van der Waals surface area contributed by atoms with Crippen LogP contribution in [-0.4, -0.2) is 19.1 Å². The Bertz CT molecular complexity index is 304. The zero-order chi connectivity index (χ0) is 10.6. The molecule has 14 heavy (non-hydrogen) atoms. The highest BCUT2D eigenvalue weighted by Gasteiger charge is 2.02. The fourth-order valence-electron chi connectivity index (χ4n) is 0.957. The third-order valence-corrected chi connectivity index (χ3v) is 2.34. The second kappa shape index (κ2) is 5.41. The Morgan fingerprint density at radius 3 is 2.64 bits per heavy atom. The Hall–Kier alpha value is -0.480. The van der Waals surface area contributed by atoms with E-state index in [4.69, 9.17) is 34.7 Å². The maximum atomic E-state index is 5.94. The fraction of sp³-hybridized carbons (Fsp3) is 0.333. The van der Waals surface area contributed by atoms with Crippen molar-refractivity contribution in [1.29, 1.82) is 0 Å². The van der Waals surface area contributed by atoms with Crippen molar-refractivity contribution in [2.75, 3.05) is 18.4 Å². The van der Waals surface area contributed by atoms with Crippen LogP contribution in [0.2, 0.25) is 10.0 Å². The molecule has 1 aromatic rings. The molecule has 1 unspecified atom stereocenters. The molecule has 0 saturated carbocycles. The van der Waals surface area contributed by atoms with E-state index in [1.807, 2.05) is 6.07 Å². The van der Waals surface area contributed by atoms with Gasteiger partial charge < -0.3 is 16.8 Å². The number of nitrogens with one attached hydrogen (secondary N) is 1. The van der Waals surface area contributed by atoms with Crippen LogP contribution in [0.25, 0.3) is 0 Å². The molecule has 0 amide bonds. The van der Waals surface area contributed by atoms with Crippen molar-refractivity contribution in [2.24, 2.45) is 11.5 Å². The first-order valence-corrected chi connectivity index (χ1v) is 5.03. The Balaban J connectivity index is 2.59. The standard InChI is InChI=1S/C9H13Cl2N3/c10-6-1-2-9(8(11)3-6)14-5-7(13)4-12/h1-3,7,14H,4-5,12-13H2. The van der Waals surface area contributed by atoms with Crippen molar-refractivity contribution in [3.63, 3.8) is 0 Å². The normalized spacial score (nSPS) is 12.6. The Labute approximate surface area is 93.4 Å². The predicted molar refractivity (Wildman–Crippen MR) is 62.0 cm³/mol. The molecule has 0 aliphatic carbocycles. The van der Waals surface area contributed by atoms with Gasteiger partial charge in [-0.15, -0.1) is 0 Å². The fourth-order valence-corrected chi connectivity index (χ4v) is 1.43. The van der Waals surface area contributed by atoms with E-state index in [0.29, 0.717) is 23.1 Å². The summed E-state index contributed by atoms with van der Waals surface area (Å²) in [5, 5.41) is 4.29. The minimum absolute atomic E-state index is 0.0678. The molecule has 0 saturated heterocycles. The summed E-state index contributed by atoms with van der Waals surface area (Å²) >= 11 is 11.7. The molecular weight excluding hydrogens is 221 g/mol. The molecular formula is C9H13Cl2N3. The lowest BCUT2D eigenvalue weighted by Crippen LogP contribution is -2.36. The SMILES string of the molecule is NCC(N)CNc1ccc(Cl)cc1Cl. The second-order valence-corrected chi connectivity index (χ2v) is 3.84. The van der Waals surface area contributed by atoms with Crippen LogP contribution in [-0.2, 0) is 0 Å². The highest BCUT2D eigenvalue weighted by Crippen LogP contribution is 2.24. The van der Waals surface area contributed by atoms with Gasteiger partial charge >= 0.3 is 0 Å². The average Bonchev–Trinajstić information content (AvgIpc) is 2.16. The molecule has 0 spiro atoms. The maximum absolute atomic E-state index is 5.94. The molecule has 0 aromatic heterocycles.